The summed E-state index contributed by atoms with van der Waals surface area (Å²) in [7, 11) is 0. The first-order valence-corrected chi connectivity index (χ1v) is 6.60. The second kappa shape index (κ2) is 5.90. The zero-order valence-electron chi connectivity index (χ0n) is 9.59. The summed E-state index contributed by atoms with van der Waals surface area (Å²) >= 11 is 1.11. The summed E-state index contributed by atoms with van der Waals surface area (Å²) < 4.78 is 5.55. The molecule has 100 valence electrons. The molecule has 0 spiro atoms. The Labute approximate surface area is 109 Å². The Hall–Kier alpha value is -0.790. The molecule has 1 aliphatic rings. The number of aliphatic hydroxyl groups excluding tert-OH is 4. The number of ether oxygens (including phenoxy) is 1. The van der Waals surface area contributed by atoms with E-state index in [9.17, 15) is 15.3 Å². The third kappa shape index (κ3) is 2.78. The van der Waals surface area contributed by atoms with Gasteiger partial charge in [-0.05, 0) is 12.1 Å². The normalized spacial score (nSPS) is 36.3. The van der Waals surface area contributed by atoms with Gasteiger partial charge in [-0.2, -0.15) is 0 Å². The molecule has 0 bridgehead atoms. The molecule has 5 nitrogen and oxygen atoms in total. The van der Waals surface area contributed by atoms with Crippen LogP contribution in [0.4, 0.5) is 0 Å². The molecule has 0 amide bonds. The summed E-state index contributed by atoms with van der Waals surface area (Å²) in [5, 5.41) is 37.7. The van der Waals surface area contributed by atoms with E-state index in [1.54, 1.807) is 24.3 Å². The van der Waals surface area contributed by atoms with Crippen LogP contribution in [0.15, 0.2) is 30.3 Å². The van der Waals surface area contributed by atoms with Gasteiger partial charge in [0.1, 0.15) is 18.0 Å². The SMILES string of the molecule is OC[C@@H]1S[C@H](Oc2ccccc2)[C@@H](O)[C@H](O)[C@H]1O. The second-order valence-electron chi connectivity index (χ2n) is 4.13. The van der Waals surface area contributed by atoms with Gasteiger partial charge in [0.25, 0.3) is 0 Å². The highest BCUT2D eigenvalue weighted by atomic mass is 32.2. The highest BCUT2D eigenvalue weighted by Gasteiger charge is 2.44. The van der Waals surface area contributed by atoms with Crippen LogP contribution >= 0.6 is 11.8 Å². The number of thioether (sulfide) groups is 1. The van der Waals surface area contributed by atoms with Gasteiger partial charge >= 0.3 is 0 Å². The highest BCUT2D eigenvalue weighted by molar-refractivity contribution is 8.00. The molecule has 6 heteroatoms. The molecule has 1 saturated heterocycles. The Kier molecular flexibility index (Phi) is 4.47. The van der Waals surface area contributed by atoms with Crippen molar-refractivity contribution in [2.24, 2.45) is 0 Å². The van der Waals surface area contributed by atoms with Crippen molar-refractivity contribution in [3.8, 4) is 5.75 Å². The molecule has 0 radical (unpaired) electrons. The van der Waals surface area contributed by atoms with Crippen molar-refractivity contribution < 1.29 is 25.2 Å². The van der Waals surface area contributed by atoms with Gasteiger partial charge in [0.15, 0.2) is 5.44 Å². The standard InChI is InChI=1S/C12H16O5S/c13-6-8-9(14)10(15)11(16)12(18-8)17-7-4-2-1-3-5-7/h1-5,8-16H,6H2/t8-,9-,10+,11-,12-/m0/s1. The summed E-state index contributed by atoms with van der Waals surface area (Å²) in [6, 6.07) is 8.90. The Morgan fingerprint density at radius 2 is 1.67 bits per heavy atom. The summed E-state index contributed by atoms with van der Waals surface area (Å²) in [6.07, 6.45) is -3.68. The van der Waals surface area contributed by atoms with E-state index in [1.165, 1.54) is 0 Å². The minimum absolute atomic E-state index is 0.287. The molecule has 1 aromatic rings. The molecule has 4 N–H and O–H groups in total. The van der Waals surface area contributed by atoms with Gasteiger partial charge in [-0.15, -0.1) is 11.8 Å². The minimum atomic E-state index is -1.32. The molecule has 18 heavy (non-hydrogen) atoms. The van der Waals surface area contributed by atoms with Crippen molar-refractivity contribution in [1.82, 2.24) is 0 Å². The first kappa shape index (κ1) is 13.6. The maximum absolute atomic E-state index is 9.85. The smallest absolute Gasteiger partial charge is 0.173 e. The lowest BCUT2D eigenvalue weighted by Gasteiger charge is -2.39. The molecule has 2 rings (SSSR count). The molecule has 1 fully saturated rings. The monoisotopic (exact) mass is 272 g/mol. The maximum Gasteiger partial charge on any atom is 0.173 e. The Bertz CT molecular complexity index is 372. The van der Waals surface area contributed by atoms with E-state index in [2.05, 4.69) is 0 Å². The van der Waals surface area contributed by atoms with Crippen LogP contribution in [-0.2, 0) is 0 Å². The molecule has 1 aromatic carbocycles. The number of benzene rings is 1. The van der Waals surface area contributed by atoms with Crippen LogP contribution in [0, 0.1) is 0 Å². The molecule has 0 saturated carbocycles. The highest BCUT2D eigenvalue weighted by Crippen LogP contribution is 2.34. The predicted molar refractivity (Wildman–Crippen MR) is 67.3 cm³/mol. The molecule has 0 unspecified atom stereocenters. The van der Waals surface area contributed by atoms with E-state index in [-0.39, 0.29) is 6.61 Å². The molecule has 1 aliphatic heterocycles. The van der Waals surface area contributed by atoms with Crippen molar-refractivity contribution in [2.45, 2.75) is 29.0 Å². The number of hydrogen-bond acceptors (Lipinski definition) is 6. The molecule has 0 aromatic heterocycles. The number of hydrogen-bond donors (Lipinski definition) is 4. The van der Waals surface area contributed by atoms with Crippen LogP contribution in [0.25, 0.3) is 0 Å². The zero-order valence-corrected chi connectivity index (χ0v) is 10.4. The van der Waals surface area contributed by atoms with Crippen molar-refractivity contribution in [2.75, 3.05) is 6.61 Å². The van der Waals surface area contributed by atoms with Gasteiger partial charge in [0.2, 0.25) is 0 Å². The van der Waals surface area contributed by atoms with Crippen LogP contribution in [0.3, 0.4) is 0 Å². The quantitative estimate of drug-likeness (QED) is 0.598. The minimum Gasteiger partial charge on any atom is -0.477 e. The fourth-order valence-corrected chi connectivity index (χ4v) is 3.04. The van der Waals surface area contributed by atoms with Gasteiger partial charge in [-0.3, -0.25) is 0 Å². The number of para-hydroxylation sites is 1. The number of aliphatic hydroxyl groups is 4. The lowest BCUT2D eigenvalue weighted by Crippen LogP contribution is -2.55. The van der Waals surface area contributed by atoms with E-state index in [1.807, 2.05) is 6.07 Å². The Morgan fingerprint density at radius 1 is 1.00 bits per heavy atom. The van der Waals surface area contributed by atoms with Crippen LogP contribution in [0.1, 0.15) is 0 Å². The summed E-state index contributed by atoms with van der Waals surface area (Å²) in [5.41, 5.74) is -0.719. The van der Waals surface area contributed by atoms with E-state index in [4.69, 9.17) is 9.84 Å². The van der Waals surface area contributed by atoms with Crippen LogP contribution in [-0.4, -0.2) is 56.0 Å². The maximum atomic E-state index is 9.85. The van der Waals surface area contributed by atoms with Crippen molar-refractivity contribution in [3.05, 3.63) is 30.3 Å². The average Bonchev–Trinajstić information content (AvgIpc) is 2.40. The van der Waals surface area contributed by atoms with Crippen LogP contribution in [0.2, 0.25) is 0 Å². The van der Waals surface area contributed by atoms with E-state index < -0.39 is 29.0 Å². The Morgan fingerprint density at radius 3 is 2.28 bits per heavy atom. The third-order valence-corrected chi connectivity index (χ3v) is 4.26. The van der Waals surface area contributed by atoms with Gasteiger partial charge in [0.05, 0.1) is 18.0 Å². The first-order valence-electron chi connectivity index (χ1n) is 5.65. The lowest BCUT2D eigenvalue weighted by molar-refractivity contribution is -0.0909. The lowest BCUT2D eigenvalue weighted by atomic mass is 10.0. The molecular weight excluding hydrogens is 256 g/mol. The number of rotatable bonds is 3. The van der Waals surface area contributed by atoms with Gasteiger partial charge in [-0.25, -0.2) is 0 Å². The summed E-state index contributed by atoms with van der Waals surface area (Å²) in [6.45, 7) is -0.287. The predicted octanol–water partition coefficient (Wildman–Crippen LogP) is -0.418. The second-order valence-corrected chi connectivity index (χ2v) is 5.47. The van der Waals surface area contributed by atoms with Crippen molar-refractivity contribution in [1.29, 1.82) is 0 Å². The van der Waals surface area contributed by atoms with Gasteiger partial charge in [-0.1, -0.05) is 18.2 Å². The summed E-state index contributed by atoms with van der Waals surface area (Å²) in [5.74, 6) is 0.564. The van der Waals surface area contributed by atoms with Crippen molar-refractivity contribution >= 4 is 11.8 Å². The van der Waals surface area contributed by atoms with Crippen LogP contribution < -0.4 is 4.74 Å². The fourth-order valence-electron chi connectivity index (χ4n) is 1.80. The largest absolute Gasteiger partial charge is 0.477 e. The van der Waals surface area contributed by atoms with Crippen molar-refractivity contribution in [3.63, 3.8) is 0 Å². The fraction of sp³-hybridized carbons (Fsp3) is 0.500. The third-order valence-electron chi connectivity index (χ3n) is 2.84. The average molecular weight is 272 g/mol. The first-order chi connectivity index (χ1) is 8.63. The molecule has 1 heterocycles. The summed E-state index contributed by atoms with van der Waals surface area (Å²) in [4.78, 5) is 0. The molecule has 0 aliphatic carbocycles. The van der Waals surface area contributed by atoms with E-state index in [0.29, 0.717) is 5.75 Å². The van der Waals surface area contributed by atoms with Crippen LogP contribution in [0.5, 0.6) is 5.75 Å². The Balaban J connectivity index is 2.08. The van der Waals surface area contributed by atoms with Gasteiger partial charge < -0.3 is 25.2 Å². The van der Waals surface area contributed by atoms with E-state index >= 15 is 0 Å². The zero-order chi connectivity index (χ0) is 13.1. The molecular formula is C12H16O5S. The van der Waals surface area contributed by atoms with Gasteiger partial charge in [0, 0.05) is 0 Å². The topological polar surface area (TPSA) is 90.2 Å². The van der Waals surface area contributed by atoms with E-state index in [0.717, 1.165) is 11.8 Å². The molecule has 5 atom stereocenters.